The Balaban J connectivity index is 1.13. The first-order valence-electron chi connectivity index (χ1n) is 15.3. The molecule has 2 aliphatic heterocycles. The Labute approximate surface area is 254 Å². The van der Waals surface area contributed by atoms with E-state index in [1.807, 2.05) is 0 Å². The molecule has 0 saturated heterocycles. The fourth-order valence-electron chi connectivity index (χ4n) is 6.99. The van der Waals surface area contributed by atoms with E-state index in [1.54, 1.807) is 0 Å². The smallest absolute Gasteiger partial charge is 0.232 e. The monoisotopic (exact) mass is 574 g/mol. The van der Waals surface area contributed by atoms with Crippen LogP contribution < -0.4 is 20.4 Å². The summed E-state index contributed by atoms with van der Waals surface area (Å²) in [6.45, 7) is 4.35. The largest absolute Gasteiger partial charge is 0.361 e. The highest BCUT2D eigenvalue weighted by Gasteiger charge is 2.35. The number of hydrogen-bond donors (Lipinski definition) is 2. The summed E-state index contributed by atoms with van der Waals surface area (Å²) >= 11 is 5.84. The molecule has 1 fully saturated rings. The Morgan fingerprint density at radius 3 is 1.81 bits per heavy atom. The molecule has 7 heteroatoms. The number of hydrogen-bond acceptors (Lipinski definition) is 5. The van der Waals surface area contributed by atoms with E-state index in [-0.39, 0.29) is 5.41 Å². The molecule has 42 heavy (non-hydrogen) atoms. The summed E-state index contributed by atoms with van der Waals surface area (Å²) in [4.78, 5) is 14.8. The number of nitrogens with zero attached hydrogens (tertiary/aromatic N) is 4. The van der Waals surface area contributed by atoms with Gasteiger partial charge in [-0.1, -0.05) is 91.7 Å². The van der Waals surface area contributed by atoms with E-state index < -0.39 is 0 Å². The third-order valence-corrected chi connectivity index (χ3v) is 9.61. The summed E-state index contributed by atoms with van der Waals surface area (Å²) in [6.07, 6.45) is 6.88. The van der Waals surface area contributed by atoms with Crippen molar-refractivity contribution in [3.8, 4) is 0 Å². The first-order valence-corrected chi connectivity index (χ1v) is 15.7. The molecule has 3 heterocycles. The van der Waals surface area contributed by atoms with Crippen LogP contribution >= 0.6 is 12.2 Å². The highest BCUT2D eigenvalue weighted by Crippen LogP contribution is 2.40. The summed E-state index contributed by atoms with van der Waals surface area (Å²) in [7, 11) is 0. The van der Waals surface area contributed by atoms with Crippen molar-refractivity contribution in [2.24, 2.45) is 0 Å². The average Bonchev–Trinajstić information content (AvgIpc) is 3.54. The molecule has 1 aliphatic carbocycles. The minimum atomic E-state index is 0.114. The molecular weight excluding hydrogens is 536 g/mol. The van der Waals surface area contributed by atoms with Crippen LogP contribution in [0, 0.1) is 0 Å². The molecule has 3 aromatic carbocycles. The molecule has 0 bridgehead atoms. The normalized spacial score (nSPS) is 17.3. The highest BCUT2D eigenvalue weighted by atomic mass is 32.1. The molecular formula is C35H38N6S. The summed E-state index contributed by atoms with van der Waals surface area (Å²) in [6, 6.07) is 30.5. The van der Waals surface area contributed by atoms with Crippen LogP contribution in [0.15, 0.2) is 84.9 Å². The lowest BCUT2D eigenvalue weighted by Crippen LogP contribution is -2.41. The van der Waals surface area contributed by atoms with Crippen molar-refractivity contribution in [1.82, 2.24) is 15.3 Å². The van der Waals surface area contributed by atoms with E-state index in [0.717, 1.165) is 57.2 Å². The van der Waals surface area contributed by atoms with Crippen LogP contribution in [0.2, 0.25) is 0 Å². The van der Waals surface area contributed by atoms with Crippen molar-refractivity contribution in [2.45, 2.75) is 57.0 Å². The number of nitrogens with one attached hydrogen (secondary N) is 2. The van der Waals surface area contributed by atoms with Crippen LogP contribution in [-0.4, -0.2) is 34.7 Å². The van der Waals surface area contributed by atoms with Crippen molar-refractivity contribution >= 4 is 34.9 Å². The van der Waals surface area contributed by atoms with Crippen LogP contribution in [0.4, 0.5) is 17.6 Å². The quantitative estimate of drug-likeness (QED) is 0.259. The van der Waals surface area contributed by atoms with Crippen molar-refractivity contribution in [3.63, 3.8) is 0 Å². The number of benzene rings is 3. The third-order valence-electron chi connectivity index (χ3n) is 9.37. The summed E-state index contributed by atoms with van der Waals surface area (Å²) in [5.41, 5.74) is 7.10. The van der Waals surface area contributed by atoms with Gasteiger partial charge in [-0.25, -0.2) is 0 Å². The van der Waals surface area contributed by atoms with Gasteiger partial charge in [0.2, 0.25) is 5.95 Å². The number of rotatable bonds is 6. The van der Waals surface area contributed by atoms with E-state index in [0.29, 0.717) is 11.1 Å². The van der Waals surface area contributed by atoms with E-state index in [4.69, 9.17) is 22.2 Å². The molecule has 0 unspecified atom stereocenters. The molecule has 4 aromatic rings. The Morgan fingerprint density at radius 2 is 1.24 bits per heavy atom. The predicted molar refractivity (Wildman–Crippen MR) is 175 cm³/mol. The molecule has 7 rings (SSSR count). The van der Waals surface area contributed by atoms with Gasteiger partial charge in [0.1, 0.15) is 11.6 Å². The van der Waals surface area contributed by atoms with Crippen molar-refractivity contribution in [3.05, 3.63) is 113 Å². The van der Waals surface area contributed by atoms with Gasteiger partial charge >= 0.3 is 0 Å². The van der Waals surface area contributed by atoms with Crippen LogP contribution in [0.1, 0.15) is 53.5 Å². The minimum Gasteiger partial charge on any atom is -0.361 e. The fourth-order valence-corrected chi connectivity index (χ4v) is 7.15. The van der Waals surface area contributed by atoms with Gasteiger partial charge in [-0.2, -0.15) is 9.97 Å². The van der Waals surface area contributed by atoms with E-state index in [9.17, 15) is 0 Å². The molecule has 0 spiro atoms. The van der Waals surface area contributed by atoms with Crippen molar-refractivity contribution < 1.29 is 0 Å². The standard InChI is InChI=1S/C35H38N6S/c42-34(36-25-35(18-8-9-19-35)30-14-2-1-3-15-30)39-33-37-31(40-20-16-26-10-4-6-12-28(26)23-40)22-32(38-33)41-21-17-27-11-5-7-13-29(27)24-41/h1-7,10-15,22H,8-9,16-21,23-25H2,(H2,36,37,38,39,42). The van der Waals surface area contributed by atoms with Crippen LogP contribution in [0.5, 0.6) is 0 Å². The van der Waals surface area contributed by atoms with Crippen LogP contribution in [0.3, 0.4) is 0 Å². The second kappa shape index (κ2) is 11.7. The second-order valence-electron chi connectivity index (χ2n) is 11.9. The Bertz CT molecular complexity index is 1490. The molecule has 6 nitrogen and oxygen atoms in total. The van der Waals surface area contributed by atoms with Gasteiger partial charge in [-0.3, -0.25) is 0 Å². The van der Waals surface area contributed by atoms with Crippen molar-refractivity contribution in [1.29, 1.82) is 0 Å². The van der Waals surface area contributed by atoms with Gasteiger partial charge in [-0.05, 0) is 65.7 Å². The zero-order valence-electron chi connectivity index (χ0n) is 24.1. The van der Waals surface area contributed by atoms with E-state index in [2.05, 4.69) is 105 Å². The first-order chi connectivity index (χ1) is 20.6. The molecule has 1 saturated carbocycles. The van der Waals surface area contributed by atoms with Gasteiger partial charge in [0.25, 0.3) is 0 Å². The van der Waals surface area contributed by atoms with Gasteiger partial charge in [0, 0.05) is 44.2 Å². The summed E-state index contributed by atoms with van der Waals surface area (Å²) < 4.78 is 0. The number of fused-ring (bicyclic) bond motifs is 2. The topological polar surface area (TPSA) is 56.3 Å². The molecule has 214 valence electrons. The Hall–Kier alpha value is -3.97. The van der Waals surface area contributed by atoms with E-state index >= 15 is 0 Å². The summed E-state index contributed by atoms with van der Waals surface area (Å²) in [5, 5.41) is 7.50. The molecule has 1 aromatic heterocycles. The number of thiocarbonyl (C=S) groups is 1. The van der Waals surface area contributed by atoms with Gasteiger partial charge < -0.3 is 20.4 Å². The van der Waals surface area contributed by atoms with Crippen LogP contribution in [0.25, 0.3) is 0 Å². The van der Waals surface area contributed by atoms with Gasteiger partial charge in [0.05, 0.1) is 0 Å². The molecule has 0 amide bonds. The lowest BCUT2D eigenvalue weighted by molar-refractivity contribution is 0.435. The molecule has 3 aliphatic rings. The average molecular weight is 575 g/mol. The first kappa shape index (κ1) is 26.9. The van der Waals surface area contributed by atoms with Crippen LogP contribution in [-0.2, 0) is 31.3 Å². The fraction of sp³-hybridized carbons (Fsp3) is 0.343. The highest BCUT2D eigenvalue weighted by molar-refractivity contribution is 7.80. The number of aromatic nitrogens is 2. The maximum absolute atomic E-state index is 5.84. The minimum absolute atomic E-state index is 0.114. The maximum atomic E-state index is 5.84. The zero-order chi connectivity index (χ0) is 28.4. The van der Waals surface area contributed by atoms with Crippen molar-refractivity contribution in [2.75, 3.05) is 34.8 Å². The van der Waals surface area contributed by atoms with Gasteiger partial charge in [-0.15, -0.1) is 0 Å². The SMILES string of the molecule is S=C(NCC1(c2ccccc2)CCCC1)Nc1nc(N2CCc3ccccc3C2)cc(N2CCc3ccccc3C2)n1. The summed E-state index contributed by atoms with van der Waals surface area (Å²) in [5.74, 6) is 2.43. The van der Waals surface area contributed by atoms with E-state index in [1.165, 1.54) is 53.5 Å². The van der Waals surface area contributed by atoms with Gasteiger partial charge in [0.15, 0.2) is 5.11 Å². The lowest BCUT2D eigenvalue weighted by atomic mass is 9.79. The molecule has 2 N–H and O–H groups in total. The second-order valence-corrected chi connectivity index (χ2v) is 12.4. The lowest BCUT2D eigenvalue weighted by Gasteiger charge is -2.33. The molecule has 0 atom stereocenters. The zero-order valence-corrected chi connectivity index (χ0v) is 24.9. The Kier molecular flexibility index (Phi) is 7.51. The molecule has 0 radical (unpaired) electrons. The maximum Gasteiger partial charge on any atom is 0.232 e. The Morgan fingerprint density at radius 1 is 0.714 bits per heavy atom. The predicted octanol–water partition coefficient (Wildman–Crippen LogP) is 6.40. The third kappa shape index (κ3) is 5.58. The number of anilines is 3.